The van der Waals surface area contributed by atoms with Crippen LogP contribution in [-0.2, 0) is 6.54 Å². The van der Waals surface area contributed by atoms with Crippen LogP contribution in [0, 0.1) is 0 Å². The van der Waals surface area contributed by atoms with E-state index in [4.69, 9.17) is 0 Å². The van der Waals surface area contributed by atoms with Crippen molar-refractivity contribution in [2.24, 2.45) is 0 Å². The summed E-state index contributed by atoms with van der Waals surface area (Å²) in [6.07, 6.45) is 8.87. The molecule has 1 aliphatic heterocycles. The fourth-order valence-electron chi connectivity index (χ4n) is 5.03. The Labute approximate surface area is 239 Å². The molecule has 0 atom stereocenters. The first-order valence-electron chi connectivity index (χ1n) is 12.8. The van der Waals surface area contributed by atoms with Gasteiger partial charge in [0.15, 0.2) is 5.82 Å². The van der Waals surface area contributed by atoms with E-state index in [9.17, 15) is 4.79 Å². The number of pyridine rings is 1. The smallest absolute Gasteiger partial charge is 0.262 e. The van der Waals surface area contributed by atoms with Crippen LogP contribution in [0.25, 0.3) is 33.2 Å². The lowest BCUT2D eigenvalue weighted by Crippen LogP contribution is -2.46. The summed E-state index contributed by atoms with van der Waals surface area (Å²) < 4.78 is 1.72. The van der Waals surface area contributed by atoms with Crippen LogP contribution in [-0.4, -0.2) is 62.1 Å². The Hall–Kier alpha value is -3.59. The second-order valence-corrected chi connectivity index (χ2v) is 9.44. The number of fused-ring (bicyclic) bond motifs is 3. The van der Waals surface area contributed by atoms with Crippen molar-refractivity contribution in [2.75, 3.05) is 37.6 Å². The van der Waals surface area contributed by atoms with E-state index in [-0.39, 0.29) is 30.4 Å². The number of anilines is 1. The summed E-state index contributed by atoms with van der Waals surface area (Å²) in [5.74, 6) is 0.755. The van der Waals surface area contributed by atoms with Gasteiger partial charge in [0.25, 0.3) is 5.56 Å². The molecule has 3 aromatic heterocycles. The van der Waals surface area contributed by atoms with E-state index in [1.165, 1.54) is 5.69 Å². The molecule has 0 spiro atoms. The Balaban J connectivity index is 0.00000176. The normalized spacial score (nSPS) is 13.7. The van der Waals surface area contributed by atoms with Crippen molar-refractivity contribution >= 4 is 52.3 Å². The summed E-state index contributed by atoms with van der Waals surface area (Å²) in [4.78, 5) is 35.7. The van der Waals surface area contributed by atoms with E-state index in [0.29, 0.717) is 11.9 Å². The monoisotopic (exact) mass is 563 g/mol. The average molecular weight is 565 g/mol. The lowest BCUT2D eigenvalue weighted by atomic mass is 10.1. The Kier molecular flexibility index (Phi) is 9.45. The number of piperazine rings is 1. The maximum absolute atomic E-state index is 13.0. The molecule has 202 valence electrons. The van der Waals surface area contributed by atoms with Gasteiger partial charge in [-0.25, -0.2) is 15.0 Å². The van der Waals surface area contributed by atoms with E-state index >= 15 is 0 Å². The molecule has 1 fully saturated rings. The summed E-state index contributed by atoms with van der Waals surface area (Å²) in [6, 6.07) is 18.2. The highest BCUT2D eigenvalue weighted by atomic mass is 35.5. The number of halogens is 2. The summed E-state index contributed by atoms with van der Waals surface area (Å²) in [5.41, 5.74) is 3.85. The number of aromatic nitrogens is 5. The van der Waals surface area contributed by atoms with Gasteiger partial charge in [-0.3, -0.25) is 19.2 Å². The number of para-hydroxylation sites is 1. The molecule has 0 unspecified atom stereocenters. The molecule has 4 heterocycles. The van der Waals surface area contributed by atoms with Gasteiger partial charge in [-0.1, -0.05) is 18.2 Å². The van der Waals surface area contributed by atoms with E-state index in [0.717, 1.165) is 73.4 Å². The first kappa shape index (κ1) is 28.4. The van der Waals surface area contributed by atoms with Gasteiger partial charge in [-0.15, -0.1) is 24.8 Å². The Bertz CT molecular complexity index is 1570. The fraction of sp³-hybridized carbons (Fsp3) is 0.276. The van der Waals surface area contributed by atoms with Crippen molar-refractivity contribution < 1.29 is 0 Å². The molecule has 0 bridgehead atoms. The minimum Gasteiger partial charge on any atom is -0.369 e. The van der Waals surface area contributed by atoms with Gasteiger partial charge < -0.3 is 4.90 Å². The lowest BCUT2D eigenvalue weighted by Gasteiger charge is -2.36. The summed E-state index contributed by atoms with van der Waals surface area (Å²) in [6.45, 7) is 5.82. The van der Waals surface area contributed by atoms with Crippen LogP contribution in [0.1, 0.15) is 12.8 Å². The first-order valence-corrected chi connectivity index (χ1v) is 12.8. The Morgan fingerprint density at radius 1 is 0.718 bits per heavy atom. The Morgan fingerprint density at radius 3 is 2.21 bits per heavy atom. The SMILES string of the molecule is Cl.Cl.O=c1c2cnc3ccccc3c2ncn1CCCCN1CCN(c2ccc(-c3ncccn3)cc2)CC1. The second-order valence-electron chi connectivity index (χ2n) is 9.44. The molecule has 6 rings (SSSR count). The van der Waals surface area contributed by atoms with Crippen molar-refractivity contribution in [1.82, 2.24) is 29.4 Å². The van der Waals surface area contributed by atoms with Gasteiger partial charge >= 0.3 is 0 Å². The van der Waals surface area contributed by atoms with Crippen molar-refractivity contribution in [3.05, 3.63) is 89.9 Å². The molecule has 0 aliphatic carbocycles. The predicted octanol–water partition coefficient (Wildman–Crippen LogP) is 4.85. The average Bonchev–Trinajstić information content (AvgIpc) is 2.97. The van der Waals surface area contributed by atoms with Crippen molar-refractivity contribution in [3.8, 4) is 11.4 Å². The van der Waals surface area contributed by atoms with Gasteiger partial charge in [0, 0.05) is 68.0 Å². The first-order chi connectivity index (χ1) is 18.3. The van der Waals surface area contributed by atoms with E-state index in [2.05, 4.69) is 54.0 Å². The Morgan fingerprint density at radius 2 is 1.44 bits per heavy atom. The van der Waals surface area contributed by atoms with Gasteiger partial charge in [0.1, 0.15) is 0 Å². The molecule has 1 saturated heterocycles. The number of rotatable bonds is 7. The summed E-state index contributed by atoms with van der Waals surface area (Å²) in [7, 11) is 0. The quantitative estimate of drug-likeness (QED) is 0.207. The number of hydrogen-bond acceptors (Lipinski definition) is 7. The van der Waals surface area contributed by atoms with Crippen LogP contribution in [0.15, 0.2) is 84.3 Å². The molecule has 0 saturated carbocycles. The van der Waals surface area contributed by atoms with Crippen LogP contribution >= 0.6 is 24.8 Å². The topological polar surface area (TPSA) is 80.0 Å². The van der Waals surface area contributed by atoms with Crippen LogP contribution in [0.3, 0.4) is 0 Å². The van der Waals surface area contributed by atoms with Crippen molar-refractivity contribution in [3.63, 3.8) is 0 Å². The van der Waals surface area contributed by atoms with Crippen LogP contribution in [0.5, 0.6) is 0 Å². The van der Waals surface area contributed by atoms with Crippen LogP contribution < -0.4 is 10.5 Å². The highest BCUT2D eigenvalue weighted by molar-refractivity contribution is 6.02. The number of benzene rings is 2. The zero-order valence-electron chi connectivity index (χ0n) is 21.5. The zero-order valence-corrected chi connectivity index (χ0v) is 23.2. The lowest BCUT2D eigenvalue weighted by molar-refractivity contribution is 0.251. The van der Waals surface area contributed by atoms with Gasteiger partial charge in [-0.05, 0) is 55.8 Å². The maximum atomic E-state index is 13.0. The third kappa shape index (κ3) is 6.19. The molecular formula is C29H31Cl2N7O. The largest absolute Gasteiger partial charge is 0.369 e. The zero-order chi connectivity index (χ0) is 25.0. The minimum absolute atomic E-state index is 0. The third-order valence-electron chi connectivity index (χ3n) is 7.12. The molecule has 2 aromatic carbocycles. The molecule has 0 radical (unpaired) electrons. The number of unbranched alkanes of at least 4 members (excludes halogenated alkanes) is 1. The number of aryl methyl sites for hydroxylation is 1. The summed E-state index contributed by atoms with van der Waals surface area (Å²) in [5, 5.41) is 1.51. The molecule has 5 aromatic rings. The second kappa shape index (κ2) is 13.0. The highest BCUT2D eigenvalue weighted by Crippen LogP contribution is 2.22. The van der Waals surface area contributed by atoms with Gasteiger partial charge in [0.05, 0.1) is 22.7 Å². The standard InChI is InChI=1S/C29H29N7O.2ClH/c37-29-25-20-32-26-7-2-1-6-24(26)27(25)33-21-36(29)15-4-3-14-34-16-18-35(19-17-34)23-10-8-22(9-11-23)28-30-12-5-13-31-28;;/h1-2,5-13,20-21H,3-4,14-19H2;2*1H. The number of hydrogen-bond donors (Lipinski definition) is 0. The van der Waals surface area contributed by atoms with Gasteiger partial charge in [0.2, 0.25) is 0 Å². The van der Waals surface area contributed by atoms with Gasteiger partial charge in [-0.2, -0.15) is 0 Å². The molecule has 0 amide bonds. The third-order valence-corrected chi connectivity index (χ3v) is 7.12. The predicted molar refractivity (Wildman–Crippen MR) is 161 cm³/mol. The van der Waals surface area contributed by atoms with E-state index < -0.39 is 0 Å². The van der Waals surface area contributed by atoms with Crippen LogP contribution in [0.4, 0.5) is 5.69 Å². The van der Waals surface area contributed by atoms with E-state index in [1.807, 2.05) is 30.3 Å². The van der Waals surface area contributed by atoms with E-state index in [1.54, 1.807) is 29.5 Å². The molecule has 10 heteroatoms. The molecule has 8 nitrogen and oxygen atoms in total. The van der Waals surface area contributed by atoms with Crippen molar-refractivity contribution in [1.29, 1.82) is 0 Å². The maximum Gasteiger partial charge on any atom is 0.262 e. The molecule has 39 heavy (non-hydrogen) atoms. The molecule has 0 N–H and O–H groups in total. The fourth-order valence-corrected chi connectivity index (χ4v) is 5.03. The highest BCUT2D eigenvalue weighted by Gasteiger charge is 2.17. The number of nitrogens with zero attached hydrogens (tertiary/aromatic N) is 7. The van der Waals surface area contributed by atoms with Crippen molar-refractivity contribution in [2.45, 2.75) is 19.4 Å². The summed E-state index contributed by atoms with van der Waals surface area (Å²) >= 11 is 0. The minimum atomic E-state index is -0.0123. The molecular weight excluding hydrogens is 533 g/mol. The van der Waals surface area contributed by atoms with Crippen LogP contribution in [0.2, 0.25) is 0 Å². The molecule has 1 aliphatic rings.